The van der Waals surface area contributed by atoms with Gasteiger partial charge in [0.15, 0.2) is 0 Å². The molecule has 0 unspecified atom stereocenters. The molecule has 2 rings (SSSR count). The van der Waals surface area contributed by atoms with Crippen molar-refractivity contribution in [1.29, 1.82) is 0 Å². The Labute approximate surface area is 158 Å². The van der Waals surface area contributed by atoms with E-state index in [1.54, 1.807) is 24.3 Å². The van der Waals surface area contributed by atoms with Crippen molar-refractivity contribution in [2.75, 3.05) is 13.1 Å². The molecule has 0 radical (unpaired) electrons. The molecule has 0 aliphatic heterocycles. The molecule has 25 heavy (non-hydrogen) atoms. The first-order valence-corrected chi connectivity index (χ1v) is 7.22. The van der Waals surface area contributed by atoms with Crippen molar-refractivity contribution in [3.63, 3.8) is 0 Å². The minimum atomic E-state index is -0.366. The van der Waals surface area contributed by atoms with Crippen molar-refractivity contribution in [2.45, 2.75) is 6.42 Å². The Hall–Kier alpha value is -2.44. The van der Waals surface area contributed by atoms with Gasteiger partial charge >= 0.3 is 0 Å². The molecule has 0 saturated carbocycles. The molecule has 8 heteroatoms. The fourth-order valence-electron chi connectivity index (χ4n) is 2.01. The molecule has 0 atom stereocenters. The molecule has 4 N–H and O–H groups in total. The Morgan fingerprint density at radius 1 is 0.720 bits per heavy atom. The first-order valence-electron chi connectivity index (χ1n) is 7.22. The van der Waals surface area contributed by atoms with Crippen molar-refractivity contribution >= 4 is 36.6 Å². The summed E-state index contributed by atoms with van der Waals surface area (Å²) in [5.74, 6) is -0.874. The zero-order chi connectivity index (χ0) is 16.7. The maximum atomic E-state index is 11.8. The van der Waals surface area contributed by atoms with Crippen molar-refractivity contribution < 1.29 is 19.8 Å². The van der Waals surface area contributed by atoms with Crippen LogP contribution < -0.4 is 10.6 Å². The summed E-state index contributed by atoms with van der Waals surface area (Å²) < 4.78 is 0. The van der Waals surface area contributed by atoms with Gasteiger partial charge in [-0.3, -0.25) is 9.59 Å². The van der Waals surface area contributed by atoms with Gasteiger partial charge < -0.3 is 20.8 Å². The van der Waals surface area contributed by atoms with E-state index >= 15 is 0 Å². The Kier molecular flexibility index (Phi) is 10.1. The van der Waals surface area contributed by atoms with Crippen LogP contribution in [0.3, 0.4) is 0 Å². The Morgan fingerprint density at radius 3 is 1.44 bits per heavy atom. The van der Waals surface area contributed by atoms with E-state index in [0.29, 0.717) is 19.5 Å². The molecule has 0 aliphatic rings. The second kappa shape index (κ2) is 11.2. The standard InChI is InChI=1S/C17H18N2O4.2ClH/c20-14-8-3-1-6-12(14)16(22)18-10-5-11-19-17(23)13-7-2-4-9-15(13)21;;/h1-4,6-9,20-21H,5,10-11H2,(H,18,22)(H,19,23);2*1H. The number of benzene rings is 2. The van der Waals surface area contributed by atoms with Gasteiger partial charge in [0.1, 0.15) is 11.5 Å². The van der Waals surface area contributed by atoms with E-state index in [1.165, 1.54) is 24.3 Å². The van der Waals surface area contributed by atoms with Crippen LogP contribution in [0.5, 0.6) is 11.5 Å². The summed E-state index contributed by atoms with van der Waals surface area (Å²) >= 11 is 0. The number of phenols is 2. The van der Waals surface area contributed by atoms with E-state index in [0.717, 1.165) is 0 Å². The number of nitrogens with one attached hydrogen (secondary N) is 2. The largest absolute Gasteiger partial charge is 0.507 e. The Morgan fingerprint density at radius 2 is 1.08 bits per heavy atom. The first-order chi connectivity index (χ1) is 11.1. The maximum absolute atomic E-state index is 11.8. The van der Waals surface area contributed by atoms with Crippen molar-refractivity contribution in [3.05, 3.63) is 59.7 Å². The number of rotatable bonds is 6. The lowest BCUT2D eigenvalue weighted by Gasteiger charge is -2.08. The molecule has 0 spiro atoms. The van der Waals surface area contributed by atoms with E-state index in [-0.39, 0.29) is 59.3 Å². The summed E-state index contributed by atoms with van der Waals surface area (Å²) in [5.41, 5.74) is 0.427. The third-order valence-electron chi connectivity index (χ3n) is 3.22. The highest BCUT2D eigenvalue weighted by atomic mass is 35.5. The van der Waals surface area contributed by atoms with Crippen molar-refractivity contribution in [1.82, 2.24) is 10.6 Å². The molecule has 0 aliphatic carbocycles. The molecule has 2 aromatic carbocycles. The second-order valence-corrected chi connectivity index (χ2v) is 4.90. The number of hydrogen-bond acceptors (Lipinski definition) is 4. The predicted octanol–water partition coefficient (Wildman–Crippen LogP) is 2.49. The highest BCUT2D eigenvalue weighted by Gasteiger charge is 2.10. The molecule has 6 nitrogen and oxygen atoms in total. The fraction of sp³-hybridized carbons (Fsp3) is 0.176. The molecule has 2 amide bonds. The van der Waals surface area contributed by atoms with Crippen molar-refractivity contribution in [2.24, 2.45) is 0 Å². The normalized spacial score (nSPS) is 9.28. The van der Waals surface area contributed by atoms with Gasteiger partial charge in [0, 0.05) is 13.1 Å². The van der Waals surface area contributed by atoms with Crippen LogP contribution in [-0.2, 0) is 0 Å². The van der Waals surface area contributed by atoms with Crippen LogP contribution in [0.4, 0.5) is 0 Å². The SMILES string of the molecule is Cl.Cl.O=C(NCCCNC(=O)c1ccccc1O)c1ccccc1O. The lowest BCUT2D eigenvalue weighted by atomic mass is 10.2. The maximum Gasteiger partial charge on any atom is 0.255 e. The molecular formula is C17H20Cl2N2O4. The molecule has 136 valence electrons. The predicted molar refractivity (Wildman–Crippen MR) is 100.0 cm³/mol. The number of hydrogen-bond donors (Lipinski definition) is 4. The summed E-state index contributed by atoms with van der Waals surface area (Å²) in [6.07, 6.45) is 0.526. The third kappa shape index (κ3) is 6.52. The Balaban J connectivity index is 0.00000288. The topological polar surface area (TPSA) is 98.7 Å². The van der Waals surface area contributed by atoms with Crippen LogP contribution >= 0.6 is 24.8 Å². The van der Waals surface area contributed by atoms with Gasteiger partial charge in [-0.15, -0.1) is 24.8 Å². The number of para-hydroxylation sites is 2. The molecular weight excluding hydrogens is 367 g/mol. The molecule has 0 bridgehead atoms. The van der Waals surface area contributed by atoms with E-state index in [9.17, 15) is 19.8 Å². The first kappa shape index (κ1) is 22.6. The monoisotopic (exact) mass is 386 g/mol. The quantitative estimate of drug-likeness (QED) is 0.573. The van der Waals surface area contributed by atoms with Gasteiger partial charge in [0.2, 0.25) is 0 Å². The van der Waals surface area contributed by atoms with Crippen LogP contribution in [0.15, 0.2) is 48.5 Å². The number of carbonyl (C=O) groups excluding carboxylic acids is 2. The average Bonchev–Trinajstić information content (AvgIpc) is 2.55. The molecule has 0 fully saturated rings. The van der Waals surface area contributed by atoms with Crippen molar-refractivity contribution in [3.8, 4) is 11.5 Å². The molecule has 0 aromatic heterocycles. The summed E-state index contributed by atoms with van der Waals surface area (Å²) in [6.45, 7) is 0.711. The minimum absolute atomic E-state index is 0. The van der Waals surface area contributed by atoms with E-state index < -0.39 is 0 Å². The summed E-state index contributed by atoms with van der Waals surface area (Å²) in [5, 5.41) is 24.5. The van der Waals surface area contributed by atoms with Crippen LogP contribution in [-0.4, -0.2) is 35.1 Å². The molecule has 2 aromatic rings. The zero-order valence-electron chi connectivity index (χ0n) is 13.3. The number of carbonyl (C=O) groups is 2. The lowest BCUT2D eigenvalue weighted by molar-refractivity contribution is 0.0949. The minimum Gasteiger partial charge on any atom is -0.507 e. The highest BCUT2D eigenvalue weighted by Crippen LogP contribution is 2.15. The highest BCUT2D eigenvalue weighted by molar-refractivity contribution is 5.97. The van der Waals surface area contributed by atoms with E-state index in [2.05, 4.69) is 10.6 Å². The molecule has 0 heterocycles. The van der Waals surface area contributed by atoms with E-state index in [1.807, 2.05) is 0 Å². The van der Waals surface area contributed by atoms with Gasteiger partial charge in [0.25, 0.3) is 11.8 Å². The number of phenolic OH excluding ortho intramolecular Hbond substituents is 2. The summed E-state index contributed by atoms with van der Waals surface area (Å²) in [6, 6.07) is 12.6. The molecule has 0 saturated heterocycles. The number of amides is 2. The summed E-state index contributed by atoms with van der Waals surface area (Å²) in [7, 11) is 0. The number of aromatic hydroxyl groups is 2. The van der Waals surface area contributed by atoms with Crippen LogP contribution in [0, 0.1) is 0 Å². The second-order valence-electron chi connectivity index (χ2n) is 4.90. The van der Waals surface area contributed by atoms with Gasteiger partial charge in [-0.1, -0.05) is 24.3 Å². The van der Waals surface area contributed by atoms with Gasteiger partial charge in [-0.05, 0) is 30.7 Å². The average molecular weight is 387 g/mol. The third-order valence-corrected chi connectivity index (χ3v) is 3.22. The van der Waals surface area contributed by atoms with Crippen LogP contribution in [0.25, 0.3) is 0 Å². The van der Waals surface area contributed by atoms with E-state index in [4.69, 9.17) is 0 Å². The summed E-state index contributed by atoms with van der Waals surface area (Å²) in [4.78, 5) is 23.7. The lowest BCUT2D eigenvalue weighted by Crippen LogP contribution is -2.29. The smallest absolute Gasteiger partial charge is 0.255 e. The van der Waals surface area contributed by atoms with Crippen LogP contribution in [0.2, 0.25) is 0 Å². The Bertz CT molecular complexity index is 651. The zero-order valence-corrected chi connectivity index (χ0v) is 14.9. The number of halogens is 2. The fourth-order valence-corrected chi connectivity index (χ4v) is 2.01. The van der Waals surface area contributed by atoms with Gasteiger partial charge in [-0.25, -0.2) is 0 Å². The van der Waals surface area contributed by atoms with Crippen LogP contribution in [0.1, 0.15) is 27.1 Å². The van der Waals surface area contributed by atoms with Gasteiger partial charge in [-0.2, -0.15) is 0 Å². The van der Waals surface area contributed by atoms with Gasteiger partial charge in [0.05, 0.1) is 11.1 Å².